The summed E-state index contributed by atoms with van der Waals surface area (Å²) >= 11 is 0. The van der Waals surface area contributed by atoms with Gasteiger partial charge in [-0.05, 0) is 35.9 Å². The highest BCUT2D eigenvalue weighted by Crippen LogP contribution is 2.32. The van der Waals surface area contributed by atoms with E-state index < -0.39 is 35.6 Å². The monoisotopic (exact) mass is 435 g/mol. The lowest BCUT2D eigenvalue weighted by atomic mass is 10.1. The minimum atomic E-state index is -4.77. The molecule has 10 heteroatoms. The van der Waals surface area contributed by atoms with E-state index in [4.69, 9.17) is 4.74 Å². The Morgan fingerprint density at radius 1 is 1.06 bits per heavy atom. The predicted molar refractivity (Wildman–Crippen MR) is 103 cm³/mol. The van der Waals surface area contributed by atoms with E-state index in [0.29, 0.717) is 11.8 Å². The number of carbonyl (C=O) groups is 1. The van der Waals surface area contributed by atoms with Gasteiger partial charge >= 0.3 is 6.18 Å². The van der Waals surface area contributed by atoms with E-state index in [1.54, 1.807) is 24.3 Å². The average molecular weight is 435 g/mol. The molecule has 1 heterocycles. The topological polar surface area (TPSA) is 73.2 Å². The second-order valence-corrected chi connectivity index (χ2v) is 6.42. The Labute approximate surface area is 174 Å². The fraction of sp³-hybridized carbons (Fsp3) is 0.190. The van der Waals surface area contributed by atoms with Crippen LogP contribution in [0.3, 0.4) is 0 Å². The number of ether oxygens (including phenoxy) is 1. The maximum Gasteiger partial charge on any atom is 0.416 e. The number of amides is 1. The molecule has 1 N–H and O–H groups in total. The van der Waals surface area contributed by atoms with Crippen LogP contribution in [0.1, 0.15) is 21.6 Å². The lowest BCUT2D eigenvalue weighted by Crippen LogP contribution is -2.31. The molecule has 31 heavy (non-hydrogen) atoms. The van der Waals surface area contributed by atoms with Crippen molar-refractivity contribution in [2.75, 3.05) is 6.61 Å². The van der Waals surface area contributed by atoms with E-state index in [0.717, 1.165) is 22.9 Å². The number of hydrogen-bond donors (Lipinski definition) is 1. The first kappa shape index (κ1) is 22.0. The molecule has 6 nitrogen and oxygen atoms in total. The van der Waals surface area contributed by atoms with Crippen molar-refractivity contribution in [1.82, 2.24) is 15.1 Å². The number of rotatable bonds is 7. The number of halogens is 4. The number of para-hydroxylation sites is 1. The predicted octanol–water partition coefficient (Wildman–Crippen LogP) is 3.41. The van der Waals surface area contributed by atoms with Crippen LogP contribution in [-0.4, -0.2) is 22.3 Å². The number of aromatic nitrogens is 2. The van der Waals surface area contributed by atoms with E-state index in [-0.39, 0.29) is 24.4 Å². The van der Waals surface area contributed by atoms with Crippen LogP contribution in [0.25, 0.3) is 0 Å². The molecule has 0 unspecified atom stereocenters. The van der Waals surface area contributed by atoms with Gasteiger partial charge in [0.1, 0.15) is 23.9 Å². The highest BCUT2D eigenvalue weighted by molar-refractivity contribution is 5.91. The van der Waals surface area contributed by atoms with Crippen LogP contribution in [0.4, 0.5) is 17.6 Å². The third-order valence-electron chi connectivity index (χ3n) is 4.23. The van der Waals surface area contributed by atoms with Gasteiger partial charge in [-0.15, -0.1) is 0 Å². The zero-order valence-corrected chi connectivity index (χ0v) is 16.0. The van der Waals surface area contributed by atoms with Gasteiger partial charge in [0.25, 0.3) is 11.5 Å². The van der Waals surface area contributed by atoms with E-state index in [2.05, 4.69) is 10.4 Å². The summed E-state index contributed by atoms with van der Waals surface area (Å²) in [6.07, 6.45) is -4.77. The third kappa shape index (κ3) is 5.91. The second kappa shape index (κ2) is 9.41. The summed E-state index contributed by atoms with van der Waals surface area (Å²) in [7, 11) is 0. The number of carbonyl (C=O) groups excluding carboxylic acids is 1. The number of benzene rings is 2. The Bertz CT molecular complexity index is 1110. The van der Waals surface area contributed by atoms with Gasteiger partial charge in [-0.2, -0.15) is 18.3 Å². The summed E-state index contributed by atoms with van der Waals surface area (Å²) in [4.78, 5) is 24.3. The van der Waals surface area contributed by atoms with Crippen LogP contribution in [-0.2, 0) is 19.3 Å². The van der Waals surface area contributed by atoms with Crippen molar-refractivity contribution in [1.29, 1.82) is 0 Å². The molecule has 0 atom stereocenters. The normalized spacial score (nSPS) is 11.2. The molecular weight excluding hydrogens is 418 g/mol. The maximum absolute atomic E-state index is 13.2. The minimum absolute atomic E-state index is 0.0605. The summed E-state index contributed by atoms with van der Waals surface area (Å²) < 4.78 is 58.9. The molecule has 0 aliphatic rings. The third-order valence-corrected chi connectivity index (χ3v) is 4.23. The van der Waals surface area contributed by atoms with Crippen LogP contribution in [0.15, 0.2) is 65.5 Å². The van der Waals surface area contributed by atoms with Gasteiger partial charge in [-0.3, -0.25) is 9.59 Å². The van der Waals surface area contributed by atoms with Crippen molar-refractivity contribution in [2.45, 2.75) is 19.3 Å². The Kier molecular flexibility index (Phi) is 6.68. The summed E-state index contributed by atoms with van der Waals surface area (Å²) in [5, 5.41) is 6.24. The van der Waals surface area contributed by atoms with Crippen molar-refractivity contribution in [3.63, 3.8) is 0 Å². The van der Waals surface area contributed by atoms with Crippen molar-refractivity contribution in [2.24, 2.45) is 0 Å². The summed E-state index contributed by atoms with van der Waals surface area (Å²) in [6, 6.07) is 13.4. The quantitative estimate of drug-likeness (QED) is 0.578. The highest BCUT2D eigenvalue weighted by Gasteiger charge is 2.33. The molecule has 0 aliphatic carbocycles. The van der Waals surface area contributed by atoms with Crippen LogP contribution >= 0.6 is 0 Å². The molecular formula is C21H17F4N3O3. The van der Waals surface area contributed by atoms with Crippen LogP contribution in [0.5, 0.6) is 5.75 Å². The molecule has 3 rings (SSSR count). The zero-order chi connectivity index (χ0) is 22.4. The van der Waals surface area contributed by atoms with Gasteiger partial charge in [0.15, 0.2) is 0 Å². The van der Waals surface area contributed by atoms with Gasteiger partial charge in [-0.25, -0.2) is 9.07 Å². The molecule has 0 spiro atoms. The van der Waals surface area contributed by atoms with Crippen molar-refractivity contribution < 1.29 is 27.1 Å². The second-order valence-electron chi connectivity index (χ2n) is 6.42. The molecule has 0 saturated carbocycles. The Balaban J connectivity index is 1.66. The van der Waals surface area contributed by atoms with E-state index in [1.165, 1.54) is 6.07 Å². The lowest BCUT2D eigenvalue weighted by Gasteiger charge is -2.14. The number of hydrogen-bond acceptors (Lipinski definition) is 4. The first-order valence-corrected chi connectivity index (χ1v) is 9.14. The standard InChI is InChI=1S/C21H17F4N3O3/c22-15-7-6-14(17(12-15)21(23,24)25)13-26-20(30)18-8-9-19(29)28(27-18)10-11-31-16-4-2-1-3-5-16/h1-9,12H,10-11,13H2,(H,26,30). The number of nitrogens with zero attached hydrogens (tertiary/aromatic N) is 2. The molecule has 0 aliphatic heterocycles. The van der Waals surface area contributed by atoms with E-state index in [9.17, 15) is 27.2 Å². The largest absolute Gasteiger partial charge is 0.492 e. The van der Waals surface area contributed by atoms with Crippen molar-refractivity contribution in [3.8, 4) is 5.75 Å². The SMILES string of the molecule is O=C(NCc1ccc(F)cc1C(F)(F)F)c1ccc(=O)n(CCOc2ccccc2)n1. The number of alkyl halides is 3. The lowest BCUT2D eigenvalue weighted by molar-refractivity contribution is -0.138. The molecule has 0 bridgehead atoms. The summed E-state index contributed by atoms with van der Waals surface area (Å²) in [6.45, 7) is -0.316. The molecule has 2 aromatic carbocycles. The first-order chi connectivity index (χ1) is 14.7. The minimum Gasteiger partial charge on any atom is -0.492 e. The summed E-state index contributed by atoms with van der Waals surface area (Å²) in [5.74, 6) is -1.21. The summed E-state index contributed by atoms with van der Waals surface area (Å²) in [5.41, 5.74) is -2.10. The van der Waals surface area contributed by atoms with Gasteiger partial charge in [-0.1, -0.05) is 24.3 Å². The number of nitrogens with one attached hydrogen (secondary N) is 1. The maximum atomic E-state index is 13.2. The Hall–Kier alpha value is -3.69. The molecule has 0 saturated heterocycles. The first-order valence-electron chi connectivity index (χ1n) is 9.14. The van der Waals surface area contributed by atoms with E-state index in [1.807, 2.05) is 6.07 Å². The fourth-order valence-corrected chi connectivity index (χ4v) is 2.73. The van der Waals surface area contributed by atoms with Gasteiger partial charge in [0, 0.05) is 12.6 Å². The smallest absolute Gasteiger partial charge is 0.416 e. The van der Waals surface area contributed by atoms with E-state index >= 15 is 0 Å². The van der Waals surface area contributed by atoms with Crippen LogP contribution < -0.4 is 15.6 Å². The average Bonchev–Trinajstić information content (AvgIpc) is 2.74. The van der Waals surface area contributed by atoms with Gasteiger partial charge in [0.05, 0.1) is 12.1 Å². The molecule has 1 amide bonds. The molecule has 3 aromatic rings. The van der Waals surface area contributed by atoms with Gasteiger partial charge < -0.3 is 10.1 Å². The van der Waals surface area contributed by atoms with Crippen molar-refractivity contribution in [3.05, 3.63) is 93.7 Å². The Morgan fingerprint density at radius 2 is 1.81 bits per heavy atom. The molecule has 0 fully saturated rings. The van der Waals surface area contributed by atoms with Crippen LogP contribution in [0.2, 0.25) is 0 Å². The fourth-order valence-electron chi connectivity index (χ4n) is 2.73. The van der Waals surface area contributed by atoms with Crippen molar-refractivity contribution >= 4 is 5.91 Å². The Morgan fingerprint density at radius 3 is 2.52 bits per heavy atom. The van der Waals surface area contributed by atoms with Crippen LogP contribution in [0, 0.1) is 5.82 Å². The molecule has 162 valence electrons. The zero-order valence-electron chi connectivity index (χ0n) is 16.0. The highest BCUT2D eigenvalue weighted by atomic mass is 19.4. The van der Waals surface area contributed by atoms with Gasteiger partial charge in [0.2, 0.25) is 0 Å². The molecule has 1 aromatic heterocycles. The molecule has 0 radical (unpaired) electrons.